The molecule has 0 aliphatic rings. The quantitative estimate of drug-likeness (QED) is 0.0205. The summed E-state index contributed by atoms with van der Waals surface area (Å²) in [5.41, 5.74) is 0. The minimum Gasteiger partial charge on any atom is -0.456 e. The fourth-order valence-corrected chi connectivity index (χ4v) is 8.80. The number of ether oxygens (including phenoxy) is 1. The molecule has 0 aromatic rings. The van der Waals surface area contributed by atoms with E-state index in [1.54, 1.807) is 0 Å². The predicted octanol–water partition coefficient (Wildman–Crippen LogP) is 17.8. The number of phosphoric ester groups is 1. The molecule has 3 unspecified atom stereocenters. The zero-order valence-electron chi connectivity index (χ0n) is 47.4. The molecule has 0 radical (unpaired) electrons. The van der Waals surface area contributed by atoms with Gasteiger partial charge in [0, 0.05) is 12.8 Å². The van der Waals surface area contributed by atoms with Gasteiger partial charge in [0.25, 0.3) is 0 Å². The number of quaternary nitrogens is 1. The lowest BCUT2D eigenvalue weighted by Crippen LogP contribution is -2.47. The minimum atomic E-state index is -4.46. The topological polar surface area (TPSA) is 111 Å². The van der Waals surface area contributed by atoms with Crippen LogP contribution in [0.2, 0.25) is 0 Å². The Hall–Kier alpha value is -2.81. The van der Waals surface area contributed by atoms with Gasteiger partial charge in [-0.25, -0.2) is 4.57 Å². The first-order chi connectivity index (χ1) is 34.9. The Morgan fingerprint density at radius 3 is 1.35 bits per heavy atom. The number of carbonyl (C=O) groups excluding carboxylic acids is 2. The number of unbranched alkanes of at least 4 members (excludes halogenated alkanes) is 24. The van der Waals surface area contributed by atoms with Gasteiger partial charge < -0.3 is 19.4 Å². The molecule has 72 heavy (non-hydrogen) atoms. The average Bonchev–Trinajstić information content (AvgIpc) is 3.34. The van der Waals surface area contributed by atoms with E-state index in [-0.39, 0.29) is 31.5 Å². The molecule has 416 valence electrons. The van der Waals surface area contributed by atoms with Crippen LogP contribution in [0.3, 0.4) is 0 Å². The van der Waals surface area contributed by atoms with E-state index >= 15 is 0 Å². The lowest BCUT2D eigenvalue weighted by Gasteiger charge is -2.27. The van der Waals surface area contributed by atoms with E-state index < -0.39 is 20.0 Å². The van der Waals surface area contributed by atoms with Crippen LogP contribution in [0.25, 0.3) is 0 Å². The van der Waals surface area contributed by atoms with Gasteiger partial charge in [-0.1, -0.05) is 235 Å². The van der Waals surface area contributed by atoms with Gasteiger partial charge in [0.15, 0.2) is 0 Å². The lowest BCUT2D eigenvalue weighted by molar-refractivity contribution is -0.870. The Balaban J connectivity index is 5.38. The summed E-state index contributed by atoms with van der Waals surface area (Å²) in [6, 6.07) is -0.867. The second-order valence-corrected chi connectivity index (χ2v) is 22.2. The van der Waals surface area contributed by atoms with Gasteiger partial charge in [-0.05, 0) is 83.1 Å². The Morgan fingerprint density at radius 1 is 0.500 bits per heavy atom. The predicted molar refractivity (Wildman–Crippen MR) is 309 cm³/mol. The standard InChI is InChI=1S/C62H111N2O7P/c1-7-10-13-16-19-22-25-28-29-30-31-32-33-34-35-37-40-43-46-49-52-55-62(66)71-60(53-50-47-44-41-38-27-24-21-18-15-12-9-3)59(58-70-72(67,68)69-57-56-64(4,5)6)63-61(65)54-51-48-45-42-39-36-26-23-20-17-14-11-8-2/h10,13,19,22,28-29,31-32,34-35,40,43,50,53,59-60H,7-9,11-12,14-18,20-21,23-27,30,33,36-39,41-42,44-49,51-52,54-58H2,1-6H3,(H-,63,65,67,68)/p+1/b13-10-,22-19-,29-28-,32-31-,35-34-,43-40-,53-50+. The lowest BCUT2D eigenvalue weighted by atomic mass is 10.0. The van der Waals surface area contributed by atoms with Gasteiger partial charge in [0.1, 0.15) is 19.3 Å². The number of phosphoric acid groups is 1. The fraction of sp³-hybridized carbons (Fsp3) is 0.742. The highest BCUT2D eigenvalue weighted by Crippen LogP contribution is 2.43. The monoisotopic (exact) mass is 1030 g/mol. The molecule has 10 heteroatoms. The number of amides is 1. The van der Waals surface area contributed by atoms with Crippen molar-refractivity contribution in [1.82, 2.24) is 5.32 Å². The summed E-state index contributed by atoms with van der Waals surface area (Å²) in [7, 11) is 1.47. The maximum Gasteiger partial charge on any atom is 0.472 e. The van der Waals surface area contributed by atoms with Crippen LogP contribution < -0.4 is 5.32 Å². The third-order valence-electron chi connectivity index (χ3n) is 12.6. The summed E-state index contributed by atoms with van der Waals surface area (Å²) in [6.07, 6.45) is 67.2. The molecule has 0 bridgehead atoms. The van der Waals surface area contributed by atoms with Gasteiger partial charge in [-0.3, -0.25) is 18.6 Å². The molecule has 0 aromatic carbocycles. The van der Waals surface area contributed by atoms with Crippen LogP contribution in [0.5, 0.6) is 0 Å². The number of likely N-dealkylation sites (N-methyl/N-ethyl adjacent to an activating group) is 1. The molecule has 0 fully saturated rings. The molecule has 0 aliphatic heterocycles. The first kappa shape index (κ1) is 69.2. The minimum absolute atomic E-state index is 0.0308. The van der Waals surface area contributed by atoms with E-state index in [0.717, 1.165) is 89.9 Å². The zero-order valence-corrected chi connectivity index (χ0v) is 48.3. The van der Waals surface area contributed by atoms with Gasteiger partial charge >= 0.3 is 13.8 Å². The van der Waals surface area contributed by atoms with Crippen LogP contribution in [0, 0.1) is 0 Å². The van der Waals surface area contributed by atoms with Crippen LogP contribution >= 0.6 is 7.82 Å². The largest absolute Gasteiger partial charge is 0.472 e. The van der Waals surface area contributed by atoms with E-state index in [1.165, 1.54) is 116 Å². The van der Waals surface area contributed by atoms with Crippen LogP contribution in [0.4, 0.5) is 0 Å². The molecule has 0 aliphatic carbocycles. The zero-order chi connectivity index (χ0) is 52.9. The molecule has 2 N–H and O–H groups in total. The molecule has 0 heterocycles. The normalized spacial score (nSPS) is 14.4. The van der Waals surface area contributed by atoms with E-state index in [4.69, 9.17) is 13.8 Å². The maximum absolute atomic E-state index is 13.5. The van der Waals surface area contributed by atoms with E-state index in [1.807, 2.05) is 33.3 Å². The summed E-state index contributed by atoms with van der Waals surface area (Å²) in [5, 5.41) is 3.04. The van der Waals surface area contributed by atoms with Crippen molar-refractivity contribution in [2.24, 2.45) is 0 Å². The van der Waals surface area contributed by atoms with Gasteiger partial charge in [0.2, 0.25) is 5.91 Å². The molecular weight excluding hydrogens is 916 g/mol. The molecule has 0 saturated carbocycles. The van der Waals surface area contributed by atoms with Crippen molar-refractivity contribution in [3.8, 4) is 0 Å². The molecule has 1 amide bonds. The highest BCUT2D eigenvalue weighted by atomic mass is 31.2. The molecule has 0 saturated heterocycles. The molecular formula is C62H112N2O7P+. The van der Waals surface area contributed by atoms with Crippen LogP contribution in [0.15, 0.2) is 85.1 Å². The number of hydrogen-bond donors (Lipinski definition) is 2. The second-order valence-electron chi connectivity index (χ2n) is 20.8. The number of nitrogens with zero attached hydrogens (tertiary/aromatic N) is 1. The highest BCUT2D eigenvalue weighted by Gasteiger charge is 2.30. The highest BCUT2D eigenvalue weighted by molar-refractivity contribution is 7.47. The third-order valence-corrected chi connectivity index (χ3v) is 13.6. The third kappa shape index (κ3) is 52.1. The van der Waals surface area contributed by atoms with E-state index in [9.17, 15) is 19.0 Å². The molecule has 0 spiro atoms. The van der Waals surface area contributed by atoms with Crippen LogP contribution in [0.1, 0.15) is 245 Å². The number of nitrogens with one attached hydrogen (secondary N) is 1. The maximum atomic E-state index is 13.5. The number of hydrogen-bond acceptors (Lipinski definition) is 6. The van der Waals surface area contributed by atoms with Crippen molar-refractivity contribution in [2.45, 2.75) is 258 Å². The van der Waals surface area contributed by atoms with Crippen LogP contribution in [-0.4, -0.2) is 74.3 Å². The smallest absolute Gasteiger partial charge is 0.456 e. The Kier molecular flexibility index (Phi) is 49.6. The van der Waals surface area contributed by atoms with Gasteiger partial charge in [0.05, 0.1) is 33.8 Å². The van der Waals surface area contributed by atoms with E-state index in [2.05, 4.69) is 99.0 Å². The number of carbonyl (C=O) groups is 2. The first-order valence-electron chi connectivity index (χ1n) is 29.4. The SMILES string of the molecule is CC/C=C\C/C=C\C/C=C\C/C=C\C/C=C\C/C=C\CCCCC(=O)OC(/C=C/CCCCCCCCCCCC)C(COP(=O)(O)OCC[N+](C)(C)C)NC(=O)CCCCCCCCCCCCCCC. The van der Waals surface area contributed by atoms with E-state index in [0.29, 0.717) is 23.9 Å². The number of rotatable bonds is 52. The Bertz CT molecular complexity index is 1510. The summed E-state index contributed by atoms with van der Waals surface area (Å²) < 4.78 is 30.6. The molecule has 0 rings (SSSR count). The molecule has 3 atom stereocenters. The van der Waals surface area contributed by atoms with Crippen molar-refractivity contribution < 1.29 is 37.3 Å². The van der Waals surface area contributed by atoms with Crippen molar-refractivity contribution in [3.05, 3.63) is 85.1 Å². The fourth-order valence-electron chi connectivity index (χ4n) is 8.06. The summed E-state index contributed by atoms with van der Waals surface area (Å²) in [4.78, 5) is 37.6. The van der Waals surface area contributed by atoms with Gasteiger partial charge in [-0.2, -0.15) is 0 Å². The average molecular weight is 1030 g/mol. The Labute approximate surface area is 444 Å². The summed E-state index contributed by atoms with van der Waals surface area (Å²) in [6.45, 7) is 6.86. The second kappa shape index (κ2) is 51.7. The number of allylic oxidation sites excluding steroid dienone is 13. The van der Waals surface area contributed by atoms with Crippen molar-refractivity contribution in [3.63, 3.8) is 0 Å². The van der Waals surface area contributed by atoms with Crippen molar-refractivity contribution in [1.29, 1.82) is 0 Å². The Morgan fingerprint density at radius 2 is 0.889 bits per heavy atom. The van der Waals surface area contributed by atoms with Crippen molar-refractivity contribution in [2.75, 3.05) is 40.9 Å². The summed E-state index contributed by atoms with van der Waals surface area (Å²) in [5.74, 6) is -0.556. The van der Waals surface area contributed by atoms with Crippen molar-refractivity contribution >= 4 is 19.7 Å². The van der Waals surface area contributed by atoms with Gasteiger partial charge in [-0.15, -0.1) is 0 Å². The number of esters is 1. The molecule has 9 nitrogen and oxygen atoms in total. The molecule has 0 aromatic heterocycles. The van der Waals surface area contributed by atoms with Crippen LogP contribution in [-0.2, 0) is 27.9 Å². The first-order valence-corrected chi connectivity index (χ1v) is 30.9. The summed E-state index contributed by atoms with van der Waals surface area (Å²) >= 11 is 0.